The third kappa shape index (κ3) is 4.87. The molecule has 6 nitrogen and oxygen atoms in total. The van der Waals surface area contributed by atoms with E-state index in [0.29, 0.717) is 9.79 Å². The van der Waals surface area contributed by atoms with Crippen LogP contribution in [0.3, 0.4) is 0 Å². The second kappa shape index (κ2) is 9.42. The molecule has 0 amide bonds. The van der Waals surface area contributed by atoms with Gasteiger partial charge in [-0.25, -0.2) is 9.59 Å². The van der Waals surface area contributed by atoms with E-state index in [9.17, 15) is 14.9 Å². The molecule has 0 saturated heterocycles. The lowest BCUT2D eigenvalue weighted by Crippen LogP contribution is -2.09. The lowest BCUT2D eigenvalue weighted by Gasteiger charge is -2.10. The first-order valence-electron chi connectivity index (χ1n) is 8.14. The number of rotatable bonds is 6. The molecule has 0 fully saturated rings. The Labute approximate surface area is 161 Å². The minimum absolute atomic E-state index is 0.202. The molecule has 0 aliphatic heterocycles. The number of nitriles is 2. The van der Waals surface area contributed by atoms with Crippen molar-refractivity contribution in [3.63, 3.8) is 0 Å². The highest BCUT2D eigenvalue weighted by atomic mass is 32.2. The van der Waals surface area contributed by atoms with Crippen LogP contribution in [0.2, 0.25) is 0 Å². The zero-order valence-electron chi connectivity index (χ0n) is 14.8. The van der Waals surface area contributed by atoms with E-state index in [1.807, 2.05) is 12.1 Å². The van der Waals surface area contributed by atoms with E-state index in [1.54, 1.807) is 44.2 Å². The van der Waals surface area contributed by atoms with Gasteiger partial charge in [-0.05, 0) is 44.2 Å². The van der Waals surface area contributed by atoms with Crippen LogP contribution in [0.15, 0.2) is 46.2 Å². The SMILES string of the molecule is CCOC(=O)c1cc(Sc2cccc(C#N)c2C#N)cc(C(=O)OCC)c1. The topological polar surface area (TPSA) is 100 Å². The van der Waals surface area contributed by atoms with Crippen LogP contribution in [-0.4, -0.2) is 25.2 Å². The summed E-state index contributed by atoms with van der Waals surface area (Å²) in [5, 5.41) is 18.5. The second-order valence-electron chi connectivity index (χ2n) is 5.19. The number of nitrogens with zero attached hydrogens (tertiary/aromatic N) is 2. The summed E-state index contributed by atoms with van der Waals surface area (Å²) >= 11 is 1.18. The van der Waals surface area contributed by atoms with Gasteiger partial charge in [0.05, 0.1) is 35.5 Å². The highest BCUT2D eigenvalue weighted by Crippen LogP contribution is 2.33. The molecule has 0 spiro atoms. The van der Waals surface area contributed by atoms with Gasteiger partial charge in [0, 0.05) is 9.79 Å². The number of hydrogen-bond donors (Lipinski definition) is 0. The summed E-state index contributed by atoms with van der Waals surface area (Å²) in [6.45, 7) is 3.78. The highest BCUT2D eigenvalue weighted by Gasteiger charge is 2.17. The highest BCUT2D eigenvalue weighted by molar-refractivity contribution is 7.99. The van der Waals surface area contributed by atoms with Crippen LogP contribution in [0.25, 0.3) is 0 Å². The second-order valence-corrected chi connectivity index (χ2v) is 6.31. The van der Waals surface area contributed by atoms with Crippen molar-refractivity contribution < 1.29 is 19.1 Å². The molecule has 0 N–H and O–H groups in total. The van der Waals surface area contributed by atoms with Crippen LogP contribution in [0.5, 0.6) is 0 Å². The van der Waals surface area contributed by atoms with Gasteiger partial charge in [-0.1, -0.05) is 17.8 Å². The van der Waals surface area contributed by atoms with E-state index in [1.165, 1.54) is 17.8 Å². The fourth-order valence-electron chi connectivity index (χ4n) is 2.27. The molecule has 27 heavy (non-hydrogen) atoms. The van der Waals surface area contributed by atoms with Gasteiger partial charge in [0.1, 0.15) is 12.1 Å². The maximum absolute atomic E-state index is 12.1. The summed E-state index contributed by atoms with van der Waals surface area (Å²) in [6.07, 6.45) is 0. The van der Waals surface area contributed by atoms with Crippen LogP contribution in [-0.2, 0) is 9.47 Å². The first-order valence-corrected chi connectivity index (χ1v) is 8.96. The van der Waals surface area contributed by atoms with Crippen molar-refractivity contribution in [2.75, 3.05) is 13.2 Å². The summed E-state index contributed by atoms with van der Waals surface area (Å²) in [5.41, 5.74) is 0.915. The van der Waals surface area contributed by atoms with Crippen LogP contribution in [0.1, 0.15) is 45.7 Å². The molecule has 2 aromatic rings. The molecular weight excluding hydrogens is 364 g/mol. The molecule has 0 radical (unpaired) electrons. The third-order valence-electron chi connectivity index (χ3n) is 3.42. The summed E-state index contributed by atoms with van der Waals surface area (Å²) in [4.78, 5) is 25.4. The van der Waals surface area contributed by atoms with E-state index in [4.69, 9.17) is 14.7 Å². The average molecular weight is 380 g/mol. The molecule has 0 heterocycles. The molecule has 0 atom stereocenters. The number of carbonyl (C=O) groups is 2. The van der Waals surface area contributed by atoms with Crippen LogP contribution in [0.4, 0.5) is 0 Å². The number of ether oxygens (including phenoxy) is 2. The van der Waals surface area contributed by atoms with Crippen molar-refractivity contribution in [3.8, 4) is 12.1 Å². The maximum Gasteiger partial charge on any atom is 0.338 e. The van der Waals surface area contributed by atoms with Gasteiger partial charge in [0.15, 0.2) is 0 Å². The van der Waals surface area contributed by atoms with Crippen molar-refractivity contribution in [2.24, 2.45) is 0 Å². The molecule has 0 bridgehead atoms. The van der Waals surface area contributed by atoms with Gasteiger partial charge in [-0.3, -0.25) is 0 Å². The molecule has 136 valence electrons. The Morgan fingerprint density at radius 3 is 2.04 bits per heavy atom. The standard InChI is InChI=1S/C20H16N2O4S/c1-3-25-19(23)14-8-15(20(24)26-4-2)10-16(9-14)27-18-7-5-6-13(11-21)17(18)12-22/h5-10H,3-4H2,1-2H3. The van der Waals surface area contributed by atoms with Gasteiger partial charge >= 0.3 is 11.9 Å². The summed E-state index contributed by atoms with van der Waals surface area (Å²) in [5.74, 6) is -1.12. The zero-order valence-corrected chi connectivity index (χ0v) is 15.6. The molecule has 7 heteroatoms. The van der Waals surface area contributed by atoms with Crippen LogP contribution >= 0.6 is 11.8 Å². The van der Waals surface area contributed by atoms with Gasteiger partial charge in [0.25, 0.3) is 0 Å². The summed E-state index contributed by atoms with van der Waals surface area (Å²) in [7, 11) is 0. The normalized spacial score (nSPS) is 9.78. The number of esters is 2. The van der Waals surface area contributed by atoms with Crippen molar-refractivity contribution in [1.29, 1.82) is 10.5 Å². The van der Waals surface area contributed by atoms with E-state index in [0.717, 1.165) is 0 Å². The quantitative estimate of drug-likeness (QED) is 0.700. The Morgan fingerprint density at radius 1 is 0.963 bits per heavy atom. The van der Waals surface area contributed by atoms with E-state index < -0.39 is 11.9 Å². The zero-order chi connectivity index (χ0) is 19.8. The summed E-state index contributed by atoms with van der Waals surface area (Å²) < 4.78 is 10.0. The van der Waals surface area contributed by atoms with Gasteiger partial charge in [-0.2, -0.15) is 10.5 Å². The molecule has 0 aromatic heterocycles. The molecule has 0 unspecified atom stereocenters. The maximum atomic E-state index is 12.1. The van der Waals surface area contributed by atoms with Crippen molar-refractivity contribution in [3.05, 3.63) is 58.7 Å². The molecule has 2 aromatic carbocycles. The molecule has 0 aliphatic carbocycles. The Bertz CT molecular complexity index is 921. The number of hydrogen-bond acceptors (Lipinski definition) is 7. The Morgan fingerprint density at radius 2 is 1.56 bits per heavy atom. The molecule has 0 saturated carbocycles. The number of carbonyl (C=O) groups excluding carboxylic acids is 2. The monoisotopic (exact) mass is 380 g/mol. The van der Waals surface area contributed by atoms with Gasteiger partial charge < -0.3 is 9.47 Å². The Balaban J connectivity index is 2.50. The first kappa shape index (κ1) is 20.0. The first-order chi connectivity index (χ1) is 13.0. The van der Waals surface area contributed by atoms with E-state index in [2.05, 4.69) is 0 Å². The fourth-order valence-corrected chi connectivity index (χ4v) is 3.30. The van der Waals surface area contributed by atoms with E-state index in [-0.39, 0.29) is 35.5 Å². The van der Waals surface area contributed by atoms with Crippen molar-refractivity contribution in [2.45, 2.75) is 23.6 Å². The molecule has 0 aliphatic rings. The molecule has 2 rings (SSSR count). The Kier molecular flexibility index (Phi) is 6.99. The lowest BCUT2D eigenvalue weighted by molar-refractivity contribution is 0.0524. The Hall–Kier alpha value is -3.29. The number of benzene rings is 2. The lowest BCUT2D eigenvalue weighted by atomic mass is 10.1. The minimum atomic E-state index is -0.559. The van der Waals surface area contributed by atoms with Crippen LogP contribution < -0.4 is 0 Å². The minimum Gasteiger partial charge on any atom is -0.462 e. The predicted octanol–water partition coefficient (Wildman–Crippen LogP) is 3.93. The van der Waals surface area contributed by atoms with Gasteiger partial charge in [0.2, 0.25) is 0 Å². The van der Waals surface area contributed by atoms with E-state index >= 15 is 0 Å². The third-order valence-corrected chi connectivity index (χ3v) is 4.45. The average Bonchev–Trinajstić information content (AvgIpc) is 2.67. The van der Waals surface area contributed by atoms with Crippen LogP contribution in [0, 0.1) is 22.7 Å². The predicted molar refractivity (Wildman–Crippen MR) is 98.4 cm³/mol. The fraction of sp³-hybridized carbons (Fsp3) is 0.200. The van der Waals surface area contributed by atoms with Crippen molar-refractivity contribution >= 4 is 23.7 Å². The smallest absolute Gasteiger partial charge is 0.338 e. The molecular formula is C20H16N2O4S. The largest absolute Gasteiger partial charge is 0.462 e. The van der Waals surface area contributed by atoms with Gasteiger partial charge in [-0.15, -0.1) is 0 Å². The van der Waals surface area contributed by atoms with Crippen molar-refractivity contribution in [1.82, 2.24) is 0 Å². The summed E-state index contributed by atoms with van der Waals surface area (Å²) in [6, 6.07) is 13.5.